The Morgan fingerprint density at radius 2 is 2.00 bits per heavy atom. The largest absolute Gasteiger partial charge is 0.378 e. The molecule has 0 radical (unpaired) electrons. The van der Waals surface area contributed by atoms with Crippen LogP contribution in [-0.4, -0.2) is 4.92 Å². The van der Waals surface area contributed by atoms with E-state index in [1.165, 1.54) is 24.3 Å². The Morgan fingerprint density at radius 1 is 1.29 bits per heavy atom. The minimum atomic E-state index is -0.420. The number of nitrogens with zero attached hydrogens (tertiary/aromatic N) is 1. The smallest absolute Gasteiger partial charge is 0.269 e. The van der Waals surface area contributed by atoms with E-state index in [1.807, 2.05) is 13.8 Å². The van der Waals surface area contributed by atoms with Gasteiger partial charge in [-0.25, -0.2) is 4.39 Å². The zero-order valence-corrected chi connectivity index (χ0v) is 13.1. The zero-order valence-electron chi connectivity index (χ0n) is 11.6. The van der Waals surface area contributed by atoms with Gasteiger partial charge in [-0.1, -0.05) is 22.0 Å². The highest BCUT2D eigenvalue weighted by Crippen LogP contribution is 2.29. The number of nitro groups is 1. The monoisotopic (exact) mass is 352 g/mol. The molecule has 0 heterocycles. The Hall–Kier alpha value is -1.95. The predicted molar refractivity (Wildman–Crippen MR) is 84.0 cm³/mol. The molecule has 0 bridgehead atoms. The van der Waals surface area contributed by atoms with E-state index in [0.717, 1.165) is 16.8 Å². The van der Waals surface area contributed by atoms with Crippen LogP contribution in [0.4, 0.5) is 15.8 Å². The SMILES string of the molecule is Cc1cc([N+](=O)[O-])ccc1NC(C)c1ccc(F)cc1Br. The van der Waals surface area contributed by atoms with Crippen molar-refractivity contribution in [2.24, 2.45) is 0 Å². The second kappa shape index (κ2) is 6.22. The van der Waals surface area contributed by atoms with Crippen LogP contribution in [0.3, 0.4) is 0 Å². The van der Waals surface area contributed by atoms with Crippen molar-refractivity contribution < 1.29 is 9.31 Å². The Balaban J connectivity index is 2.23. The molecule has 0 fully saturated rings. The average molecular weight is 353 g/mol. The summed E-state index contributed by atoms with van der Waals surface area (Å²) >= 11 is 3.34. The molecule has 0 aromatic heterocycles. The van der Waals surface area contributed by atoms with Gasteiger partial charge in [0.15, 0.2) is 0 Å². The van der Waals surface area contributed by atoms with Gasteiger partial charge in [-0.3, -0.25) is 10.1 Å². The van der Waals surface area contributed by atoms with Crippen LogP contribution in [0.15, 0.2) is 40.9 Å². The number of non-ortho nitro benzene ring substituents is 1. The van der Waals surface area contributed by atoms with Gasteiger partial charge in [-0.05, 0) is 43.2 Å². The Labute approximate surface area is 130 Å². The average Bonchev–Trinajstić information content (AvgIpc) is 2.40. The van der Waals surface area contributed by atoms with E-state index in [0.29, 0.717) is 4.47 Å². The number of halogens is 2. The molecule has 21 heavy (non-hydrogen) atoms. The number of benzene rings is 2. The topological polar surface area (TPSA) is 55.2 Å². The molecule has 0 spiro atoms. The van der Waals surface area contributed by atoms with Crippen LogP contribution in [0.1, 0.15) is 24.1 Å². The molecule has 1 unspecified atom stereocenters. The molecule has 0 aliphatic rings. The fraction of sp³-hybridized carbons (Fsp3) is 0.200. The molecule has 1 N–H and O–H groups in total. The fourth-order valence-corrected chi connectivity index (χ4v) is 2.78. The van der Waals surface area contributed by atoms with E-state index in [9.17, 15) is 14.5 Å². The van der Waals surface area contributed by atoms with Gasteiger partial charge in [-0.15, -0.1) is 0 Å². The third kappa shape index (κ3) is 3.58. The summed E-state index contributed by atoms with van der Waals surface area (Å²) in [4.78, 5) is 10.3. The van der Waals surface area contributed by atoms with E-state index in [4.69, 9.17) is 0 Å². The summed E-state index contributed by atoms with van der Waals surface area (Å²) < 4.78 is 13.8. The van der Waals surface area contributed by atoms with Gasteiger partial charge in [0.05, 0.1) is 4.92 Å². The Morgan fingerprint density at radius 3 is 2.57 bits per heavy atom. The van der Waals surface area contributed by atoms with Crippen molar-refractivity contribution in [2.75, 3.05) is 5.32 Å². The molecular weight excluding hydrogens is 339 g/mol. The predicted octanol–water partition coefficient (Wildman–Crippen LogP) is 4.98. The highest BCUT2D eigenvalue weighted by molar-refractivity contribution is 9.10. The molecule has 0 amide bonds. The van der Waals surface area contributed by atoms with Gasteiger partial charge in [0.1, 0.15) is 5.82 Å². The lowest BCUT2D eigenvalue weighted by atomic mass is 10.1. The first-order chi connectivity index (χ1) is 9.88. The highest BCUT2D eigenvalue weighted by Gasteiger charge is 2.13. The van der Waals surface area contributed by atoms with Gasteiger partial charge in [0, 0.05) is 28.3 Å². The quantitative estimate of drug-likeness (QED) is 0.623. The summed E-state index contributed by atoms with van der Waals surface area (Å²) in [6.45, 7) is 3.75. The van der Waals surface area contributed by atoms with E-state index in [1.54, 1.807) is 12.1 Å². The number of hydrogen-bond acceptors (Lipinski definition) is 3. The third-order valence-electron chi connectivity index (χ3n) is 3.22. The van der Waals surface area contributed by atoms with Crippen LogP contribution in [0.5, 0.6) is 0 Å². The van der Waals surface area contributed by atoms with Crippen molar-refractivity contribution in [1.82, 2.24) is 0 Å². The molecule has 2 aromatic carbocycles. The molecule has 0 saturated heterocycles. The minimum Gasteiger partial charge on any atom is -0.378 e. The van der Waals surface area contributed by atoms with Crippen LogP contribution in [-0.2, 0) is 0 Å². The van der Waals surface area contributed by atoms with Crippen LogP contribution in [0.25, 0.3) is 0 Å². The Kier molecular flexibility index (Phi) is 4.57. The molecule has 0 aliphatic carbocycles. The molecule has 0 aliphatic heterocycles. The molecule has 2 aromatic rings. The van der Waals surface area contributed by atoms with Crippen molar-refractivity contribution in [2.45, 2.75) is 19.9 Å². The molecule has 1 atom stereocenters. The molecule has 110 valence electrons. The molecule has 4 nitrogen and oxygen atoms in total. The summed E-state index contributed by atoms with van der Waals surface area (Å²) in [6, 6.07) is 9.12. The van der Waals surface area contributed by atoms with Crippen molar-refractivity contribution >= 4 is 27.3 Å². The van der Waals surface area contributed by atoms with E-state index >= 15 is 0 Å². The summed E-state index contributed by atoms with van der Waals surface area (Å²) in [5.74, 6) is -0.302. The van der Waals surface area contributed by atoms with Crippen LogP contribution in [0, 0.1) is 22.9 Å². The molecule has 0 saturated carbocycles. The maximum Gasteiger partial charge on any atom is 0.269 e. The normalized spacial score (nSPS) is 12.0. The number of rotatable bonds is 4. The van der Waals surface area contributed by atoms with Gasteiger partial charge >= 0.3 is 0 Å². The van der Waals surface area contributed by atoms with Crippen LogP contribution in [0.2, 0.25) is 0 Å². The van der Waals surface area contributed by atoms with Crippen molar-refractivity contribution in [3.05, 3.63) is 67.9 Å². The van der Waals surface area contributed by atoms with Gasteiger partial charge in [0.2, 0.25) is 0 Å². The maximum absolute atomic E-state index is 13.1. The van der Waals surface area contributed by atoms with Gasteiger partial charge < -0.3 is 5.32 Å². The summed E-state index contributed by atoms with van der Waals surface area (Å²) in [6.07, 6.45) is 0. The van der Waals surface area contributed by atoms with Crippen molar-refractivity contribution in [3.8, 4) is 0 Å². The van der Waals surface area contributed by atoms with E-state index in [-0.39, 0.29) is 17.5 Å². The number of nitrogens with one attached hydrogen (secondary N) is 1. The van der Waals surface area contributed by atoms with Gasteiger partial charge in [0.25, 0.3) is 5.69 Å². The fourth-order valence-electron chi connectivity index (χ4n) is 2.09. The lowest BCUT2D eigenvalue weighted by Crippen LogP contribution is -2.08. The third-order valence-corrected chi connectivity index (χ3v) is 3.91. The summed E-state index contributed by atoms with van der Waals surface area (Å²) in [5, 5.41) is 14.0. The van der Waals surface area contributed by atoms with Crippen LogP contribution >= 0.6 is 15.9 Å². The highest BCUT2D eigenvalue weighted by atomic mass is 79.9. The van der Waals surface area contributed by atoms with Crippen molar-refractivity contribution in [3.63, 3.8) is 0 Å². The lowest BCUT2D eigenvalue weighted by Gasteiger charge is -2.18. The molecule has 2 rings (SSSR count). The maximum atomic E-state index is 13.1. The first-order valence-electron chi connectivity index (χ1n) is 6.35. The van der Waals surface area contributed by atoms with Crippen molar-refractivity contribution in [1.29, 1.82) is 0 Å². The molecule has 6 heteroatoms. The summed E-state index contributed by atoms with van der Waals surface area (Å²) in [5.41, 5.74) is 2.57. The lowest BCUT2D eigenvalue weighted by molar-refractivity contribution is -0.384. The minimum absolute atomic E-state index is 0.0636. The number of aryl methyl sites for hydroxylation is 1. The van der Waals surface area contributed by atoms with Gasteiger partial charge in [-0.2, -0.15) is 0 Å². The van der Waals surface area contributed by atoms with E-state index in [2.05, 4.69) is 21.2 Å². The zero-order chi connectivity index (χ0) is 15.6. The second-order valence-corrected chi connectivity index (χ2v) is 5.64. The molecular formula is C15H14BrFN2O2. The summed E-state index contributed by atoms with van der Waals surface area (Å²) in [7, 11) is 0. The standard InChI is InChI=1S/C15H14BrFN2O2/c1-9-7-12(19(20)21)4-6-15(9)18-10(2)13-5-3-11(17)8-14(13)16/h3-8,10,18H,1-2H3. The van der Waals surface area contributed by atoms with E-state index < -0.39 is 4.92 Å². The first kappa shape index (κ1) is 15.4. The Bertz CT molecular complexity index is 691. The second-order valence-electron chi connectivity index (χ2n) is 4.79. The first-order valence-corrected chi connectivity index (χ1v) is 7.14. The number of hydrogen-bond donors (Lipinski definition) is 1. The number of anilines is 1. The van der Waals surface area contributed by atoms with Crippen LogP contribution < -0.4 is 5.32 Å². The number of nitro benzene ring substituents is 1.